The van der Waals surface area contributed by atoms with Gasteiger partial charge in [0.15, 0.2) is 0 Å². The van der Waals surface area contributed by atoms with Gasteiger partial charge in [-0.25, -0.2) is 9.97 Å². The molecule has 0 aliphatic heterocycles. The molecule has 3 rings (SSSR count). The second kappa shape index (κ2) is 20.9. The van der Waals surface area contributed by atoms with E-state index < -0.39 is 0 Å². The highest BCUT2D eigenvalue weighted by Crippen LogP contribution is 2.19. The minimum atomic E-state index is 0.254. The molecule has 0 atom stereocenters. The van der Waals surface area contributed by atoms with Crippen LogP contribution in [-0.4, -0.2) is 85.5 Å². The summed E-state index contributed by atoms with van der Waals surface area (Å²) in [5.41, 5.74) is 4.20. The van der Waals surface area contributed by atoms with E-state index in [2.05, 4.69) is 64.1 Å². The van der Waals surface area contributed by atoms with Crippen LogP contribution in [0.3, 0.4) is 0 Å². The Balaban J connectivity index is 0.000000337. The highest BCUT2D eigenvalue weighted by atomic mass is 16.5. The summed E-state index contributed by atoms with van der Waals surface area (Å²) in [6.45, 7) is 11.8. The highest BCUT2D eigenvalue weighted by Gasteiger charge is 2.02. The van der Waals surface area contributed by atoms with Crippen molar-refractivity contribution in [3.63, 3.8) is 0 Å². The number of aliphatic hydroxyl groups excluding tert-OH is 1. The van der Waals surface area contributed by atoms with E-state index in [1.165, 1.54) is 5.56 Å². The van der Waals surface area contributed by atoms with E-state index in [-0.39, 0.29) is 6.61 Å². The average Bonchev–Trinajstić information content (AvgIpc) is 2.93. The van der Waals surface area contributed by atoms with Crippen LogP contribution in [-0.2, 0) is 4.74 Å². The third kappa shape index (κ3) is 15.2. The normalized spacial score (nSPS) is 10.7. The van der Waals surface area contributed by atoms with Crippen molar-refractivity contribution in [1.29, 1.82) is 0 Å². The number of hydrogen-bond acceptors (Lipinski definition) is 7. The van der Waals surface area contributed by atoms with Crippen molar-refractivity contribution >= 4 is 11.6 Å². The molecule has 0 saturated heterocycles. The second-order valence-electron chi connectivity index (χ2n) is 8.89. The Morgan fingerprint density at radius 2 is 1.71 bits per heavy atom. The SMILES string of the molecule is CCN(CC)CCOC.CN(C)C/C=C/CCO.Cc1cccc(Nc2nccc(-c3ccccc3)n2)c1. The minimum Gasteiger partial charge on any atom is -0.396 e. The van der Waals surface area contributed by atoms with Crippen LogP contribution < -0.4 is 5.32 Å². The number of aryl methyl sites for hydroxylation is 1. The van der Waals surface area contributed by atoms with Crippen molar-refractivity contribution < 1.29 is 9.84 Å². The van der Waals surface area contributed by atoms with Gasteiger partial charge in [0.25, 0.3) is 0 Å². The fourth-order valence-corrected chi connectivity index (χ4v) is 3.28. The predicted octanol–water partition coefficient (Wildman–Crippen LogP) is 5.66. The summed E-state index contributed by atoms with van der Waals surface area (Å²) in [6, 6.07) is 20.1. The Kier molecular flexibility index (Phi) is 18.1. The number of aromatic nitrogens is 2. The number of ether oxygens (including phenoxy) is 1. The van der Waals surface area contributed by atoms with Crippen molar-refractivity contribution in [1.82, 2.24) is 19.8 Å². The van der Waals surface area contributed by atoms with Crippen molar-refractivity contribution in [3.8, 4) is 11.3 Å². The molecule has 0 aliphatic rings. The molecule has 0 radical (unpaired) electrons. The van der Waals surface area contributed by atoms with E-state index in [0.29, 0.717) is 5.95 Å². The van der Waals surface area contributed by atoms with E-state index in [1.807, 2.05) is 68.7 Å². The van der Waals surface area contributed by atoms with Gasteiger partial charge in [-0.1, -0.05) is 68.5 Å². The third-order valence-electron chi connectivity index (χ3n) is 5.44. The highest BCUT2D eigenvalue weighted by molar-refractivity contribution is 5.62. The molecule has 2 aromatic carbocycles. The number of rotatable bonds is 12. The van der Waals surface area contributed by atoms with Crippen LogP contribution in [0.4, 0.5) is 11.6 Å². The van der Waals surface area contributed by atoms with Gasteiger partial charge < -0.3 is 25.0 Å². The Morgan fingerprint density at radius 3 is 2.32 bits per heavy atom. The number of aliphatic hydroxyl groups is 1. The molecule has 7 nitrogen and oxygen atoms in total. The molecule has 0 saturated carbocycles. The lowest BCUT2D eigenvalue weighted by Crippen LogP contribution is -2.26. The fourth-order valence-electron chi connectivity index (χ4n) is 3.28. The van der Waals surface area contributed by atoms with E-state index >= 15 is 0 Å². The summed E-state index contributed by atoms with van der Waals surface area (Å²) in [7, 11) is 5.77. The maximum absolute atomic E-state index is 8.37. The van der Waals surface area contributed by atoms with Gasteiger partial charge in [-0.15, -0.1) is 0 Å². The van der Waals surface area contributed by atoms with Crippen molar-refractivity contribution in [2.24, 2.45) is 0 Å². The molecule has 2 N–H and O–H groups in total. The Labute approximate surface area is 230 Å². The zero-order valence-corrected chi connectivity index (χ0v) is 24.1. The third-order valence-corrected chi connectivity index (χ3v) is 5.44. The maximum atomic E-state index is 8.37. The van der Waals surface area contributed by atoms with Gasteiger partial charge in [0.2, 0.25) is 5.95 Å². The van der Waals surface area contributed by atoms with Gasteiger partial charge in [-0.2, -0.15) is 0 Å². The van der Waals surface area contributed by atoms with Crippen molar-refractivity contribution in [2.45, 2.75) is 27.2 Å². The molecule has 208 valence electrons. The number of likely N-dealkylation sites (N-methyl/N-ethyl adjacent to an activating group) is 2. The van der Waals surface area contributed by atoms with Crippen LogP contribution in [0.25, 0.3) is 11.3 Å². The number of benzene rings is 2. The fraction of sp³-hybridized carbons (Fsp3) is 0.419. The Hall–Kier alpha value is -3.10. The number of methoxy groups -OCH3 is 1. The number of anilines is 2. The first-order valence-electron chi connectivity index (χ1n) is 13.3. The van der Waals surface area contributed by atoms with Gasteiger partial charge >= 0.3 is 0 Å². The van der Waals surface area contributed by atoms with Crippen molar-refractivity contribution in [3.05, 3.63) is 84.6 Å². The number of hydrogen-bond donors (Lipinski definition) is 2. The maximum Gasteiger partial charge on any atom is 0.227 e. The quantitative estimate of drug-likeness (QED) is 0.298. The molecule has 0 fully saturated rings. The van der Waals surface area contributed by atoms with Gasteiger partial charge in [-0.05, 0) is 64.3 Å². The molecule has 7 heteroatoms. The van der Waals surface area contributed by atoms with Crippen LogP contribution in [0.15, 0.2) is 79.0 Å². The Bertz CT molecular complexity index is 1010. The van der Waals surface area contributed by atoms with Crippen molar-refractivity contribution in [2.75, 3.05) is 65.9 Å². The Morgan fingerprint density at radius 1 is 0.974 bits per heavy atom. The standard InChI is InChI=1S/C17H15N3.C7H15NO.C7H17NO/c1-13-6-5-9-15(12-13)19-17-18-11-10-16(20-17)14-7-3-2-4-8-14;1-8(2)6-4-3-5-7-9;1-4-8(5-2)6-7-9-3/h2-12H,1H3,(H,18,19,20);3-4,9H,5-7H2,1-2H3;4-7H2,1-3H3/b;4-3+;. The molecule has 0 amide bonds. The van der Waals surface area contributed by atoms with E-state index in [0.717, 1.165) is 56.2 Å². The van der Waals surface area contributed by atoms with Crippen LogP contribution >= 0.6 is 0 Å². The largest absolute Gasteiger partial charge is 0.396 e. The summed E-state index contributed by atoms with van der Waals surface area (Å²) < 4.78 is 4.93. The zero-order valence-electron chi connectivity index (χ0n) is 24.1. The molecule has 1 heterocycles. The first-order chi connectivity index (χ1) is 18.4. The smallest absolute Gasteiger partial charge is 0.227 e. The molecule has 0 aliphatic carbocycles. The lowest BCUT2D eigenvalue weighted by Gasteiger charge is -2.16. The summed E-state index contributed by atoms with van der Waals surface area (Å²) in [6.07, 6.45) is 6.58. The van der Waals surface area contributed by atoms with Gasteiger partial charge in [0, 0.05) is 44.3 Å². The predicted molar refractivity (Wildman–Crippen MR) is 161 cm³/mol. The summed E-state index contributed by atoms with van der Waals surface area (Å²) in [5.74, 6) is 0.608. The summed E-state index contributed by atoms with van der Waals surface area (Å²) >= 11 is 0. The molecule has 38 heavy (non-hydrogen) atoms. The van der Waals surface area contributed by atoms with Crippen LogP contribution in [0.1, 0.15) is 25.8 Å². The minimum absolute atomic E-state index is 0.254. The molecule has 0 unspecified atom stereocenters. The molecule has 0 bridgehead atoms. The topological polar surface area (TPSA) is 73.8 Å². The lowest BCUT2D eigenvalue weighted by molar-refractivity contribution is 0.154. The van der Waals surface area contributed by atoms with Crippen LogP contribution in [0.5, 0.6) is 0 Å². The second-order valence-corrected chi connectivity index (χ2v) is 8.89. The molecule has 0 spiro atoms. The van der Waals surface area contributed by atoms with Gasteiger partial charge in [0.1, 0.15) is 0 Å². The summed E-state index contributed by atoms with van der Waals surface area (Å²) in [5, 5.41) is 11.6. The van der Waals surface area contributed by atoms with Gasteiger partial charge in [0.05, 0.1) is 12.3 Å². The molecular formula is C31H47N5O2. The molecule has 3 aromatic rings. The van der Waals surface area contributed by atoms with E-state index in [9.17, 15) is 0 Å². The first kappa shape index (κ1) is 32.9. The van der Waals surface area contributed by atoms with Crippen LogP contribution in [0, 0.1) is 6.92 Å². The number of nitrogens with one attached hydrogen (secondary N) is 1. The monoisotopic (exact) mass is 521 g/mol. The zero-order chi connectivity index (χ0) is 28.0. The van der Waals surface area contributed by atoms with E-state index in [4.69, 9.17) is 9.84 Å². The lowest BCUT2D eigenvalue weighted by atomic mass is 10.1. The van der Waals surface area contributed by atoms with Crippen LogP contribution in [0.2, 0.25) is 0 Å². The first-order valence-corrected chi connectivity index (χ1v) is 13.3. The molecular weight excluding hydrogens is 474 g/mol. The average molecular weight is 522 g/mol. The van der Waals surface area contributed by atoms with E-state index in [1.54, 1.807) is 13.3 Å². The molecule has 1 aromatic heterocycles. The van der Waals surface area contributed by atoms with Gasteiger partial charge in [-0.3, -0.25) is 0 Å². The summed E-state index contributed by atoms with van der Waals surface area (Å²) in [4.78, 5) is 13.2. The number of nitrogens with zero attached hydrogens (tertiary/aromatic N) is 4.